The average Bonchev–Trinajstić information content (AvgIpc) is 3.01. The van der Waals surface area contributed by atoms with Crippen molar-refractivity contribution >= 4 is 40.7 Å². The van der Waals surface area contributed by atoms with E-state index in [4.69, 9.17) is 24.1 Å². The number of aromatic carboxylic acids is 1. The van der Waals surface area contributed by atoms with E-state index in [2.05, 4.69) is 33.1 Å². The molecule has 9 nitrogen and oxygen atoms in total. The maximum Gasteiger partial charge on any atom is 0.335 e. The maximum absolute atomic E-state index is 12.9. The molecule has 2 N–H and O–H groups in total. The number of carbonyl (C=O) groups excluding carboxylic acids is 1. The zero-order valence-corrected chi connectivity index (χ0v) is 25.9. The molecule has 0 aliphatic rings. The van der Waals surface area contributed by atoms with E-state index in [1.807, 2.05) is 50.2 Å². The highest BCUT2D eigenvalue weighted by molar-refractivity contribution is 14.1. The van der Waals surface area contributed by atoms with E-state index in [9.17, 15) is 9.59 Å². The molecule has 0 saturated heterocycles. The normalized spacial score (nSPS) is 10.8. The van der Waals surface area contributed by atoms with Crippen LogP contribution in [0.15, 0.2) is 90.0 Å². The summed E-state index contributed by atoms with van der Waals surface area (Å²) in [6.07, 6.45) is 1.53. The lowest BCUT2D eigenvalue weighted by Gasteiger charge is -2.15. The van der Waals surface area contributed by atoms with Crippen LogP contribution in [0, 0.1) is 3.57 Å². The van der Waals surface area contributed by atoms with E-state index in [1.165, 1.54) is 18.3 Å². The summed E-state index contributed by atoms with van der Waals surface area (Å²) in [6, 6.07) is 24.9. The van der Waals surface area contributed by atoms with Crippen LogP contribution in [0.25, 0.3) is 0 Å². The van der Waals surface area contributed by atoms with Gasteiger partial charge in [-0.3, -0.25) is 4.79 Å². The lowest BCUT2D eigenvalue weighted by molar-refractivity contribution is 0.0696. The monoisotopic (exact) mass is 694 g/mol. The molecule has 4 aromatic carbocycles. The Labute approximate surface area is 263 Å². The van der Waals surface area contributed by atoms with Gasteiger partial charge in [-0.15, -0.1) is 0 Å². The minimum absolute atomic E-state index is 0.212. The molecule has 0 aliphatic heterocycles. The van der Waals surface area contributed by atoms with Crippen molar-refractivity contribution < 1.29 is 33.6 Å². The number of carboxylic acids is 1. The molecule has 0 atom stereocenters. The lowest BCUT2D eigenvalue weighted by atomic mass is 10.1. The van der Waals surface area contributed by atoms with E-state index < -0.39 is 11.9 Å². The van der Waals surface area contributed by atoms with Gasteiger partial charge in [-0.1, -0.05) is 42.5 Å². The van der Waals surface area contributed by atoms with Crippen LogP contribution < -0.4 is 24.4 Å². The number of benzene rings is 4. The van der Waals surface area contributed by atoms with Crippen molar-refractivity contribution in [3.8, 4) is 23.0 Å². The number of hydrogen-bond donors (Lipinski definition) is 2. The first-order chi connectivity index (χ1) is 20.9. The molecule has 0 spiro atoms. The van der Waals surface area contributed by atoms with Gasteiger partial charge >= 0.3 is 5.97 Å². The largest absolute Gasteiger partial charge is 0.490 e. The standard InChI is InChI=1S/C33H31IN2O7/c1-3-40-29-18-26(14-15-28(29)42-20-22-8-6-5-7-9-22)32(37)36-35-19-24-16-27(34)31(30(17-24)41-4-2)43-21-23-10-12-25(13-11-23)33(38)39/h5-19H,3-4,20-21H2,1-2H3,(H,36,37)(H,38,39)/b35-19+. The van der Waals surface area contributed by atoms with Crippen LogP contribution in [0.1, 0.15) is 51.3 Å². The molecule has 0 heterocycles. The summed E-state index contributed by atoms with van der Waals surface area (Å²) < 4.78 is 24.3. The molecule has 10 heteroatoms. The van der Waals surface area contributed by atoms with Crippen LogP contribution in [0.5, 0.6) is 23.0 Å². The molecule has 222 valence electrons. The minimum atomic E-state index is -0.980. The van der Waals surface area contributed by atoms with Crippen molar-refractivity contribution in [2.24, 2.45) is 5.10 Å². The van der Waals surface area contributed by atoms with Crippen molar-refractivity contribution in [1.29, 1.82) is 0 Å². The van der Waals surface area contributed by atoms with Gasteiger partial charge in [0.2, 0.25) is 0 Å². The van der Waals surface area contributed by atoms with E-state index in [0.717, 1.165) is 14.7 Å². The van der Waals surface area contributed by atoms with Crippen LogP contribution in [-0.2, 0) is 13.2 Å². The zero-order valence-electron chi connectivity index (χ0n) is 23.7. The van der Waals surface area contributed by atoms with Gasteiger partial charge in [-0.2, -0.15) is 5.10 Å². The zero-order chi connectivity index (χ0) is 30.6. The summed E-state index contributed by atoms with van der Waals surface area (Å²) in [5.74, 6) is 0.718. The first-order valence-corrected chi connectivity index (χ1v) is 14.6. The third-order valence-corrected chi connectivity index (χ3v) is 6.84. The Morgan fingerprint density at radius 3 is 2.12 bits per heavy atom. The van der Waals surface area contributed by atoms with Crippen molar-refractivity contribution in [2.45, 2.75) is 27.1 Å². The third kappa shape index (κ3) is 8.95. The number of carboxylic acid groups (broad SMARTS) is 1. The second kappa shape index (κ2) is 15.6. The summed E-state index contributed by atoms with van der Waals surface area (Å²) in [7, 11) is 0. The molecule has 0 unspecified atom stereocenters. The van der Waals surface area contributed by atoms with Crippen LogP contribution in [0.3, 0.4) is 0 Å². The Morgan fingerprint density at radius 2 is 1.42 bits per heavy atom. The van der Waals surface area contributed by atoms with Gasteiger partial charge in [0.1, 0.15) is 13.2 Å². The summed E-state index contributed by atoms with van der Waals surface area (Å²) in [4.78, 5) is 23.9. The molecule has 0 radical (unpaired) electrons. The molecule has 0 aliphatic carbocycles. The Morgan fingerprint density at radius 1 is 0.767 bits per heavy atom. The Hall–Kier alpha value is -4.58. The van der Waals surface area contributed by atoms with Crippen molar-refractivity contribution in [3.05, 3.63) is 116 Å². The van der Waals surface area contributed by atoms with Gasteiger partial charge in [0.15, 0.2) is 23.0 Å². The molecule has 0 saturated carbocycles. The number of rotatable bonds is 14. The molecule has 0 fully saturated rings. The van der Waals surface area contributed by atoms with Crippen LogP contribution in [0.4, 0.5) is 0 Å². The molecular weight excluding hydrogens is 663 g/mol. The number of ether oxygens (including phenoxy) is 4. The molecular formula is C33H31IN2O7. The molecule has 0 bridgehead atoms. The number of nitrogens with one attached hydrogen (secondary N) is 1. The predicted molar refractivity (Wildman–Crippen MR) is 172 cm³/mol. The van der Waals surface area contributed by atoms with Gasteiger partial charge < -0.3 is 24.1 Å². The van der Waals surface area contributed by atoms with Crippen molar-refractivity contribution in [1.82, 2.24) is 5.43 Å². The fourth-order valence-corrected chi connectivity index (χ4v) is 4.75. The predicted octanol–water partition coefficient (Wildman–Crippen LogP) is 6.71. The van der Waals surface area contributed by atoms with E-state index in [0.29, 0.717) is 53.9 Å². The summed E-state index contributed by atoms with van der Waals surface area (Å²) in [6.45, 7) is 5.19. The Balaban J connectivity index is 1.41. The fraction of sp³-hybridized carbons (Fsp3) is 0.182. The number of amides is 1. The first kappa shape index (κ1) is 31.4. The Bertz CT molecular complexity index is 1570. The first-order valence-electron chi connectivity index (χ1n) is 13.6. The lowest BCUT2D eigenvalue weighted by Crippen LogP contribution is -2.17. The SMILES string of the molecule is CCOc1cc(C(=O)N/N=C/c2cc(I)c(OCc3ccc(C(=O)O)cc3)c(OCC)c2)ccc1OCc1ccccc1. The molecule has 43 heavy (non-hydrogen) atoms. The van der Waals surface area contributed by atoms with Gasteiger partial charge in [0, 0.05) is 5.56 Å². The number of hydrazone groups is 1. The molecule has 1 amide bonds. The highest BCUT2D eigenvalue weighted by Crippen LogP contribution is 2.35. The molecule has 4 rings (SSSR count). The van der Waals surface area contributed by atoms with E-state index in [-0.39, 0.29) is 12.2 Å². The van der Waals surface area contributed by atoms with Gasteiger partial charge in [0.25, 0.3) is 5.91 Å². The summed E-state index contributed by atoms with van der Waals surface area (Å²) >= 11 is 2.15. The number of nitrogens with zero attached hydrogens (tertiary/aromatic N) is 1. The van der Waals surface area contributed by atoms with Crippen LogP contribution >= 0.6 is 22.6 Å². The molecule has 4 aromatic rings. The van der Waals surface area contributed by atoms with E-state index in [1.54, 1.807) is 36.4 Å². The topological polar surface area (TPSA) is 116 Å². The smallest absolute Gasteiger partial charge is 0.335 e. The van der Waals surface area contributed by atoms with Crippen molar-refractivity contribution in [3.63, 3.8) is 0 Å². The Kier molecular flexibility index (Phi) is 11.4. The van der Waals surface area contributed by atoms with Gasteiger partial charge in [-0.25, -0.2) is 10.2 Å². The van der Waals surface area contributed by atoms with Crippen LogP contribution in [-0.4, -0.2) is 36.4 Å². The summed E-state index contributed by atoms with van der Waals surface area (Å²) in [5.41, 5.74) is 5.68. The molecule has 0 aromatic heterocycles. The maximum atomic E-state index is 12.9. The second-order valence-corrected chi connectivity index (χ2v) is 10.3. The third-order valence-electron chi connectivity index (χ3n) is 6.04. The quantitative estimate of drug-likeness (QED) is 0.0857. The van der Waals surface area contributed by atoms with Gasteiger partial charge in [-0.05, 0) is 95.6 Å². The average molecular weight is 695 g/mol. The van der Waals surface area contributed by atoms with Crippen molar-refractivity contribution in [2.75, 3.05) is 13.2 Å². The minimum Gasteiger partial charge on any atom is -0.490 e. The number of halogens is 1. The highest BCUT2D eigenvalue weighted by atomic mass is 127. The second-order valence-electron chi connectivity index (χ2n) is 9.12. The fourth-order valence-electron chi connectivity index (χ4n) is 3.97. The van der Waals surface area contributed by atoms with E-state index >= 15 is 0 Å². The van der Waals surface area contributed by atoms with Crippen LogP contribution in [0.2, 0.25) is 0 Å². The summed E-state index contributed by atoms with van der Waals surface area (Å²) in [5, 5.41) is 13.2. The van der Waals surface area contributed by atoms with Gasteiger partial charge in [0.05, 0.1) is 28.6 Å². The number of hydrogen-bond acceptors (Lipinski definition) is 7. The number of carbonyl (C=O) groups is 2. The highest BCUT2D eigenvalue weighted by Gasteiger charge is 2.14.